The van der Waals surface area contributed by atoms with Gasteiger partial charge in [-0.15, -0.1) is 0 Å². The predicted molar refractivity (Wildman–Crippen MR) is 190 cm³/mol. The summed E-state index contributed by atoms with van der Waals surface area (Å²) in [4.78, 5) is 0. The van der Waals surface area contributed by atoms with Gasteiger partial charge >= 0.3 is 264 Å². The molecule has 0 saturated carbocycles. The van der Waals surface area contributed by atoms with Crippen LogP contribution in [0.5, 0.6) is 5.75 Å². The first-order valence-corrected chi connectivity index (χ1v) is 23.9. The van der Waals surface area contributed by atoms with E-state index in [2.05, 4.69) is 145 Å². The molecule has 3 aromatic carbocycles. The van der Waals surface area contributed by atoms with Crippen LogP contribution in [-0.4, -0.2) is 41.2 Å². The minimum atomic E-state index is -3.11. The number of benzene rings is 3. The van der Waals surface area contributed by atoms with Gasteiger partial charge in [-0.05, 0) is 0 Å². The Labute approximate surface area is 262 Å². The molecule has 1 aromatic heterocycles. The molecular formula is C37H50GeO2SSi. The number of ether oxygens (including phenoxy) is 2. The molecule has 224 valence electrons. The van der Waals surface area contributed by atoms with Crippen LogP contribution in [0.3, 0.4) is 0 Å². The molecule has 4 aromatic rings. The summed E-state index contributed by atoms with van der Waals surface area (Å²) in [6.07, 6.45) is 1.05. The molecule has 0 radical (unpaired) electrons. The first-order chi connectivity index (χ1) is 19.9. The molecule has 0 N–H and O–H groups in total. The fourth-order valence-electron chi connectivity index (χ4n) is 5.54. The first kappa shape index (κ1) is 32.8. The number of hydrogen-bond donors (Lipinski definition) is 0. The normalized spacial score (nSPS) is 12.5. The van der Waals surface area contributed by atoms with Crippen molar-refractivity contribution in [1.82, 2.24) is 0 Å². The van der Waals surface area contributed by atoms with Gasteiger partial charge in [-0.3, -0.25) is 0 Å². The van der Waals surface area contributed by atoms with Crippen molar-refractivity contribution in [2.45, 2.75) is 78.3 Å². The number of aryl methyl sites for hydroxylation is 4. The maximum atomic E-state index is 5.91. The Kier molecular flexibility index (Phi) is 10.7. The van der Waals surface area contributed by atoms with E-state index >= 15 is 0 Å². The Morgan fingerprint density at radius 2 is 1.31 bits per heavy atom. The molecule has 0 aliphatic carbocycles. The zero-order valence-electron chi connectivity index (χ0n) is 27.3. The van der Waals surface area contributed by atoms with Gasteiger partial charge in [-0.25, -0.2) is 0 Å². The maximum absolute atomic E-state index is 5.91. The van der Waals surface area contributed by atoms with Gasteiger partial charge < -0.3 is 0 Å². The Balaban J connectivity index is 1.82. The summed E-state index contributed by atoms with van der Waals surface area (Å²) >= 11 is -0.944. The molecular weight excluding hydrogens is 609 g/mol. The first-order valence-electron chi connectivity index (χ1n) is 15.4. The molecule has 5 heteroatoms. The van der Waals surface area contributed by atoms with Crippen LogP contribution in [0.25, 0.3) is 0 Å². The summed E-state index contributed by atoms with van der Waals surface area (Å²) in [7, 11) is -1.67. The summed E-state index contributed by atoms with van der Waals surface area (Å²) in [5.74, 6) is 0.913. The fourth-order valence-corrected chi connectivity index (χ4v) is 23.7. The summed E-state index contributed by atoms with van der Waals surface area (Å²) in [6.45, 7) is 23.2. The average molecular weight is 660 g/mol. The summed E-state index contributed by atoms with van der Waals surface area (Å²) in [5, 5.41) is 1.48. The van der Waals surface area contributed by atoms with E-state index in [-0.39, 0.29) is 0 Å². The third-order valence-electron chi connectivity index (χ3n) is 9.30. The van der Waals surface area contributed by atoms with Gasteiger partial charge in [0.15, 0.2) is 0 Å². The molecule has 0 spiro atoms. The van der Waals surface area contributed by atoms with Gasteiger partial charge in [0.25, 0.3) is 0 Å². The van der Waals surface area contributed by atoms with Crippen LogP contribution in [0, 0.1) is 20.8 Å². The quantitative estimate of drug-likeness (QED) is 0.116. The Morgan fingerprint density at radius 3 is 1.81 bits per heavy atom. The standard InChI is InChI=1S/C37H50GeO2SSi/c1-10-39-25-26-40-34-21-15-31(16-22-34)23-24-38(32-17-11-28(2)12-18-32,33-19-13-29(3)14-20-33)36-30(4)27-35(41-36)42(8,9)37(5,6)7/h11-22,27H,10,23-26H2,1-9H3. The SMILES string of the molecule is CCOCCOc1ccc(C[CH2][Ge]([c]2ccc(C)cc2)([c]2ccc(C)cc2)[c]2sc([Si](C)(C)C(C)(C)C)cc2C)cc1. The van der Waals surface area contributed by atoms with Gasteiger partial charge in [0.2, 0.25) is 0 Å². The van der Waals surface area contributed by atoms with E-state index in [1.807, 2.05) is 6.92 Å². The zero-order chi connectivity index (χ0) is 30.5. The monoisotopic (exact) mass is 660 g/mol. The number of rotatable bonds is 12. The Bertz CT molecular complexity index is 1390. The third-order valence-corrected chi connectivity index (χ3v) is 29.7. The van der Waals surface area contributed by atoms with Crippen molar-refractivity contribution in [2.75, 3.05) is 19.8 Å². The molecule has 0 aliphatic heterocycles. The molecule has 0 unspecified atom stereocenters. The van der Waals surface area contributed by atoms with E-state index in [4.69, 9.17) is 9.47 Å². The summed E-state index contributed by atoms with van der Waals surface area (Å²) in [5.41, 5.74) is 5.52. The van der Waals surface area contributed by atoms with E-state index in [1.54, 1.807) is 17.0 Å². The summed E-state index contributed by atoms with van der Waals surface area (Å²) < 4.78 is 17.8. The average Bonchev–Trinajstić information content (AvgIpc) is 3.36. The molecule has 0 bridgehead atoms. The van der Waals surface area contributed by atoms with Gasteiger partial charge in [0.1, 0.15) is 0 Å². The van der Waals surface area contributed by atoms with Crippen molar-refractivity contribution < 1.29 is 9.47 Å². The molecule has 1 heterocycles. The van der Waals surface area contributed by atoms with E-state index in [0.717, 1.165) is 18.8 Å². The van der Waals surface area contributed by atoms with Crippen molar-refractivity contribution >= 4 is 49.7 Å². The van der Waals surface area contributed by atoms with Gasteiger partial charge in [0, 0.05) is 0 Å². The Morgan fingerprint density at radius 1 is 0.762 bits per heavy atom. The number of hydrogen-bond acceptors (Lipinski definition) is 3. The van der Waals surface area contributed by atoms with E-state index in [0.29, 0.717) is 18.3 Å². The summed E-state index contributed by atoms with van der Waals surface area (Å²) in [6, 6.07) is 30.5. The molecule has 0 atom stereocenters. The zero-order valence-corrected chi connectivity index (χ0v) is 31.2. The van der Waals surface area contributed by atoms with Crippen LogP contribution >= 0.6 is 11.3 Å². The van der Waals surface area contributed by atoms with Crippen LogP contribution in [-0.2, 0) is 11.2 Å². The van der Waals surface area contributed by atoms with Crippen molar-refractivity contribution in [3.8, 4) is 5.75 Å². The fraction of sp³-hybridized carbons (Fsp3) is 0.405. The molecule has 2 nitrogen and oxygen atoms in total. The second-order valence-electron chi connectivity index (χ2n) is 13.3. The van der Waals surface area contributed by atoms with E-state index in [1.165, 1.54) is 27.5 Å². The second-order valence-corrected chi connectivity index (χ2v) is 29.1. The van der Waals surface area contributed by atoms with Crippen molar-refractivity contribution in [1.29, 1.82) is 0 Å². The van der Waals surface area contributed by atoms with Crippen molar-refractivity contribution in [2.24, 2.45) is 0 Å². The third kappa shape index (κ3) is 7.15. The second kappa shape index (κ2) is 13.7. The molecule has 4 rings (SSSR count). The molecule has 0 saturated heterocycles. The topological polar surface area (TPSA) is 18.5 Å². The van der Waals surface area contributed by atoms with Gasteiger partial charge in [0.05, 0.1) is 0 Å². The van der Waals surface area contributed by atoms with Crippen molar-refractivity contribution in [3.05, 3.63) is 101 Å². The molecule has 0 fully saturated rings. The van der Waals surface area contributed by atoms with Crippen LogP contribution in [0.15, 0.2) is 78.9 Å². The van der Waals surface area contributed by atoms with Crippen molar-refractivity contribution in [3.63, 3.8) is 0 Å². The van der Waals surface area contributed by atoms with Crippen LogP contribution < -0.4 is 21.7 Å². The van der Waals surface area contributed by atoms with Crippen LogP contribution in [0.4, 0.5) is 0 Å². The minimum absolute atomic E-state index is 0.303. The van der Waals surface area contributed by atoms with Gasteiger partial charge in [-0.1, -0.05) is 0 Å². The number of thiophene rings is 1. The van der Waals surface area contributed by atoms with Gasteiger partial charge in [-0.2, -0.15) is 0 Å². The molecule has 42 heavy (non-hydrogen) atoms. The van der Waals surface area contributed by atoms with Crippen LogP contribution in [0.1, 0.15) is 49.9 Å². The Hall–Kier alpha value is -2.12. The van der Waals surface area contributed by atoms with E-state index in [9.17, 15) is 0 Å². The molecule has 0 amide bonds. The van der Waals surface area contributed by atoms with E-state index < -0.39 is 21.3 Å². The predicted octanol–water partition coefficient (Wildman–Crippen LogP) is 7.52. The van der Waals surface area contributed by atoms with Crippen LogP contribution in [0.2, 0.25) is 23.4 Å². The molecule has 0 aliphatic rings.